The van der Waals surface area contributed by atoms with Crippen LogP contribution in [-0.4, -0.2) is 38.9 Å². The zero-order chi connectivity index (χ0) is 23.9. The van der Waals surface area contributed by atoms with Crippen molar-refractivity contribution in [1.82, 2.24) is 0 Å². The molecule has 0 fully saturated rings. The monoisotopic (exact) mass is 482 g/mol. The summed E-state index contributed by atoms with van der Waals surface area (Å²) in [6.45, 7) is 9.12. The van der Waals surface area contributed by atoms with E-state index in [0.29, 0.717) is 18.8 Å². The minimum absolute atomic E-state index is 0.00836. The molecule has 33 heavy (non-hydrogen) atoms. The lowest BCUT2D eigenvalue weighted by molar-refractivity contribution is 0.0440. The van der Waals surface area contributed by atoms with Gasteiger partial charge in [-0.3, -0.25) is 0 Å². The van der Waals surface area contributed by atoms with E-state index < -0.39 is 18.6 Å². The largest absolute Gasteiger partial charge is 0.498 e. The van der Waals surface area contributed by atoms with Crippen molar-refractivity contribution in [2.24, 2.45) is 0 Å². The van der Waals surface area contributed by atoms with Crippen LogP contribution >= 0.6 is 0 Å². The van der Waals surface area contributed by atoms with Crippen LogP contribution in [0.15, 0.2) is 91.0 Å². The van der Waals surface area contributed by atoms with Gasteiger partial charge in [-0.15, -0.1) is 0 Å². The molecule has 0 aliphatic heterocycles. The Bertz CT molecular complexity index is 833. The van der Waals surface area contributed by atoms with Crippen LogP contribution in [0.5, 0.6) is 0 Å². The second kappa shape index (κ2) is 15.0. The van der Waals surface area contributed by atoms with Crippen LogP contribution in [0.2, 0.25) is 6.55 Å². The van der Waals surface area contributed by atoms with Crippen LogP contribution in [0.3, 0.4) is 0 Å². The summed E-state index contributed by atoms with van der Waals surface area (Å²) in [4.78, 5) is 0. The van der Waals surface area contributed by atoms with Crippen LogP contribution < -0.4 is 0 Å². The lowest BCUT2D eigenvalue weighted by atomic mass is 10.0. The van der Waals surface area contributed by atoms with Gasteiger partial charge in [0.2, 0.25) is 0 Å². The van der Waals surface area contributed by atoms with Crippen LogP contribution in [0.1, 0.15) is 49.1 Å². The highest BCUT2D eigenvalue weighted by molar-refractivity contribution is 6.59. The summed E-state index contributed by atoms with van der Waals surface area (Å²) in [6.07, 6.45) is -0.00836. The third kappa shape index (κ3) is 9.37. The first-order valence-corrected chi connectivity index (χ1v) is 15.2. The normalized spacial score (nSPS) is 12.5. The fourth-order valence-electron chi connectivity index (χ4n) is 3.67. The molecule has 0 heterocycles. The van der Waals surface area contributed by atoms with Crippen molar-refractivity contribution in [3.05, 3.63) is 108 Å². The van der Waals surface area contributed by atoms with Crippen molar-refractivity contribution in [2.45, 2.75) is 39.0 Å². The molecule has 3 aromatic carbocycles. The molecule has 0 N–H and O–H groups in total. The van der Waals surface area contributed by atoms with E-state index in [1.165, 1.54) is 11.1 Å². The molecule has 1 atom stereocenters. The Morgan fingerprint density at radius 3 is 1.45 bits per heavy atom. The molecule has 4 nitrogen and oxygen atoms in total. The summed E-state index contributed by atoms with van der Waals surface area (Å²) < 4.78 is 22.8. The Morgan fingerprint density at radius 2 is 1.09 bits per heavy atom. The fourth-order valence-corrected chi connectivity index (χ4v) is 6.98. The summed E-state index contributed by atoms with van der Waals surface area (Å²) in [5.74, 6) is 0. The van der Waals surface area contributed by atoms with Gasteiger partial charge in [-0.25, -0.2) is 0 Å². The predicted octanol–water partition coefficient (Wildman–Crippen LogP) is 5.91. The quantitative estimate of drug-likeness (QED) is 0.318. The second-order valence-electron chi connectivity index (χ2n) is 7.73. The Balaban J connectivity index is 0.000000234. The third-order valence-electron chi connectivity index (χ3n) is 5.21. The summed E-state index contributed by atoms with van der Waals surface area (Å²) in [7, 11) is -1.25. The second-order valence-corrected chi connectivity index (χ2v) is 12.0. The molecule has 1 unspecified atom stereocenters. The average Bonchev–Trinajstić information content (AvgIpc) is 2.85. The van der Waals surface area contributed by atoms with Crippen molar-refractivity contribution in [3.8, 4) is 0 Å². The van der Waals surface area contributed by atoms with Crippen molar-refractivity contribution in [3.63, 3.8) is 0 Å². The van der Waals surface area contributed by atoms with Gasteiger partial charge < -0.3 is 17.7 Å². The molecule has 0 spiro atoms. The molecule has 178 valence electrons. The lowest BCUT2D eigenvalue weighted by Crippen LogP contribution is -2.43. The SMILES string of the molecule is CCO[Si](C)(OCC)OC(C)c1ccccc1.CO[SiH2]C(c1ccccc1)c1ccccc1. The molecule has 0 bridgehead atoms. The van der Waals surface area contributed by atoms with Gasteiger partial charge >= 0.3 is 8.80 Å². The topological polar surface area (TPSA) is 36.9 Å². The lowest BCUT2D eigenvalue weighted by Gasteiger charge is -2.28. The Hall–Kier alpha value is -2.07. The highest BCUT2D eigenvalue weighted by atomic mass is 28.4. The van der Waals surface area contributed by atoms with Crippen LogP contribution in [0, 0.1) is 0 Å². The predicted molar refractivity (Wildman–Crippen MR) is 141 cm³/mol. The standard InChI is InChI=1S/C14H16OSi.C13H22O3Si/c1-15-16-14(12-8-4-2-5-9-12)13-10-6-3-7-11-13;1-5-14-17(4,15-6-2)16-12(3)13-10-8-7-9-11-13/h2-11,14H,16H2,1H3;7-12H,5-6H2,1-4H3. The van der Waals surface area contributed by atoms with Gasteiger partial charge in [0.15, 0.2) is 9.76 Å². The molecule has 0 saturated heterocycles. The van der Waals surface area contributed by atoms with Crippen LogP contribution in [0.25, 0.3) is 0 Å². The maximum Gasteiger partial charge on any atom is 0.498 e. The molecule has 3 aromatic rings. The Labute approximate surface area is 203 Å². The first-order valence-electron chi connectivity index (χ1n) is 11.6. The van der Waals surface area contributed by atoms with Crippen LogP contribution in [0.4, 0.5) is 0 Å². The zero-order valence-electron chi connectivity index (χ0n) is 20.6. The van der Waals surface area contributed by atoms with Gasteiger partial charge in [0, 0.05) is 32.4 Å². The van der Waals surface area contributed by atoms with Gasteiger partial charge in [-0.2, -0.15) is 0 Å². The molecule has 3 rings (SSSR count). The van der Waals surface area contributed by atoms with E-state index in [4.69, 9.17) is 17.7 Å². The molecule has 6 heteroatoms. The van der Waals surface area contributed by atoms with Gasteiger partial charge in [0.1, 0.15) is 0 Å². The number of rotatable bonds is 11. The fraction of sp³-hybridized carbons (Fsp3) is 0.333. The van der Waals surface area contributed by atoms with Crippen molar-refractivity contribution in [1.29, 1.82) is 0 Å². The maximum absolute atomic E-state index is 6.00. The van der Waals surface area contributed by atoms with Crippen molar-refractivity contribution >= 4 is 18.6 Å². The van der Waals surface area contributed by atoms with E-state index in [0.717, 1.165) is 5.56 Å². The number of hydrogen-bond acceptors (Lipinski definition) is 4. The van der Waals surface area contributed by atoms with Crippen LogP contribution in [-0.2, 0) is 17.7 Å². The maximum atomic E-state index is 6.00. The third-order valence-corrected chi connectivity index (χ3v) is 9.23. The molecular formula is C27H38O4Si2. The molecular weight excluding hydrogens is 444 g/mol. The summed E-state index contributed by atoms with van der Waals surface area (Å²) in [6, 6.07) is 31.3. The minimum atomic E-state index is -2.50. The number of hydrogen-bond donors (Lipinski definition) is 0. The van der Waals surface area contributed by atoms with Gasteiger partial charge in [0.25, 0.3) is 0 Å². The van der Waals surface area contributed by atoms with E-state index in [2.05, 4.69) is 72.8 Å². The van der Waals surface area contributed by atoms with E-state index in [-0.39, 0.29) is 6.10 Å². The molecule has 0 radical (unpaired) electrons. The highest BCUT2D eigenvalue weighted by Gasteiger charge is 2.36. The minimum Gasteiger partial charge on any atom is -0.426 e. The number of benzene rings is 3. The molecule has 0 aromatic heterocycles. The molecule has 0 saturated carbocycles. The average molecular weight is 483 g/mol. The Kier molecular flexibility index (Phi) is 12.3. The highest BCUT2D eigenvalue weighted by Crippen LogP contribution is 2.24. The van der Waals surface area contributed by atoms with E-state index in [1.807, 2.05) is 52.6 Å². The Morgan fingerprint density at radius 1 is 0.697 bits per heavy atom. The first-order chi connectivity index (χ1) is 16.0. The first kappa shape index (κ1) is 27.2. The summed E-state index contributed by atoms with van der Waals surface area (Å²) >= 11 is 0. The molecule has 0 aliphatic carbocycles. The van der Waals surface area contributed by atoms with E-state index >= 15 is 0 Å². The van der Waals surface area contributed by atoms with Gasteiger partial charge in [0.05, 0.1) is 6.10 Å². The van der Waals surface area contributed by atoms with Crippen molar-refractivity contribution < 1.29 is 17.7 Å². The van der Waals surface area contributed by atoms with Gasteiger partial charge in [-0.1, -0.05) is 91.0 Å². The van der Waals surface area contributed by atoms with Gasteiger partial charge in [-0.05, 0) is 37.5 Å². The van der Waals surface area contributed by atoms with E-state index in [9.17, 15) is 0 Å². The molecule has 0 amide bonds. The zero-order valence-corrected chi connectivity index (χ0v) is 23.0. The van der Waals surface area contributed by atoms with E-state index in [1.54, 1.807) is 0 Å². The van der Waals surface area contributed by atoms with Crippen molar-refractivity contribution in [2.75, 3.05) is 20.3 Å². The summed E-state index contributed by atoms with van der Waals surface area (Å²) in [5, 5.41) is 0. The smallest absolute Gasteiger partial charge is 0.426 e. The summed E-state index contributed by atoms with van der Waals surface area (Å²) in [5.41, 5.74) is 4.34. The molecule has 0 aliphatic rings.